The summed E-state index contributed by atoms with van der Waals surface area (Å²) in [6.45, 7) is 3.88. The lowest BCUT2D eigenvalue weighted by atomic mass is 10.0. The van der Waals surface area contributed by atoms with Crippen LogP contribution >= 0.6 is 38.5 Å². The van der Waals surface area contributed by atoms with Gasteiger partial charge in [-0.05, 0) is 84.3 Å². The first kappa shape index (κ1) is 22.7. The monoisotopic (exact) mass is 640 g/mol. The average Bonchev–Trinajstić information content (AvgIpc) is 2.86. The van der Waals surface area contributed by atoms with E-state index in [1.165, 1.54) is 0 Å². The van der Waals surface area contributed by atoms with E-state index < -0.39 is 0 Å². The SMILES string of the molecule is Cc1cc2cccnc2nc1N1CCC[C@H](Nc2nc3c(I)c[nH]c(=O)c3c3cc(Br)ccc23)C1. The van der Waals surface area contributed by atoms with E-state index in [0.29, 0.717) is 10.9 Å². The zero-order valence-corrected chi connectivity index (χ0v) is 22.7. The van der Waals surface area contributed by atoms with Gasteiger partial charge in [0.15, 0.2) is 5.65 Å². The molecule has 6 rings (SSSR count). The molecule has 1 aliphatic heterocycles. The predicted octanol–water partition coefficient (Wildman–Crippen LogP) is 5.78. The zero-order chi connectivity index (χ0) is 24.1. The topological polar surface area (TPSA) is 86.8 Å². The van der Waals surface area contributed by atoms with Gasteiger partial charge in [-0.2, -0.15) is 0 Å². The van der Waals surface area contributed by atoms with E-state index in [1.54, 1.807) is 12.4 Å². The van der Waals surface area contributed by atoms with Gasteiger partial charge in [-0.1, -0.05) is 15.9 Å². The van der Waals surface area contributed by atoms with Crippen molar-refractivity contribution < 1.29 is 0 Å². The number of benzene rings is 1. The summed E-state index contributed by atoms with van der Waals surface area (Å²) in [5.74, 6) is 1.80. The maximum atomic E-state index is 12.7. The third kappa shape index (κ3) is 4.14. The molecule has 1 saturated heterocycles. The lowest BCUT2D eigenvalue weighted by molar-refractivity contribution is 0.526. The van der Waals surface area contributed by atoms with Crippen molar-refractivity contribution in [1.82, 2.24) is 19.9 Å². The second-order valence-corrected chi connectivity index (χ2v) is 11.0. The second kappa shape index (κ2) is 9.02. The number of anilines is 2. The normalized spacial score (nSPS) is 16.3. The molecule has 9 heteroatoms. The molecule has 1 fully saturated rings. The van der Waals surface area contributed by atoms with Crippen molar-refractivity contribution >= 4 is 82.9 Å². The first-order valence-electron chi connectivity index (χ1n) is 11.5. The first-order chi connectivity index (χ1) is 17.0. The minimum absolute atomic E-state index is 0.127. The van der Waals surface area contributed by atoms with Crippen LogP contribution in [0.25, 0.3) is 32.7 Å². The Bertz CT molecular complexity index is 1670. The van der Waals surface area contributed by atoms with Gasteiger partial charge in [0.2, 0.25) is 0 Å². The van der Waals surface area contributed by atoms with Crippen LogP contribution in [-0.2, 0) is 0 Å². The summed E-state index contributed by atoms with van der Waals surface area (Å²) in [4.78, 5) is 32.2. The van der Waals surface area contributed by atoms with E-state index in [1.807, 2.05) is 30.3 Å². The number of pyridine rings is 4. The number of nitrogens with zero attached hydrogens (tertiary/aromatic N) is 4. The first-order valence-corrected chi connectivity index (χ1v) is 13.4. The number of aromatic nitrogens is 4. The van der Waals surface area contributed by atoms with Crippen LogP contribution in [0.1, 0.15) is 18.4 Å². The van der Waals surface area contributed by atoms with Crippen molar-refractivity contribution in [2.45, 2.75) is 25.8 Å². The molecule has 35 heavy (non-hydrogen) atoms. The number of halogens is 2. The van der Waals surface area contributed by atoms with Gasteiger partial charge in [-0.15, -0.1) is 0 Å². The van der Waals surface area contributed by atoms with Gasteiger partial charge in [-0.3, -0.25) is 4.79 Å². The summed E-state index contributed by atoms with van der Waals surface area (Å²) in [6.07, 6.45) is 5.59. The van der Waals surface area contributed by atoms with Crippen molar-refractivity contribution in [1.29, 1.82) is 0 Å². The van der Waals surface area contributed by atoms with E-state index in [2.05, 4.69) is 71.7 Å². The molecule has 5 aromatic rings. The van der Waals surface area contributed by atoms with E-state index in [4.69, 9.17) is 9.97 Å². The van der Waals surface area contributed by atoms with Crippen LogP contribution in [0, 0.1) is 10.5 Å². The van der Waals surface area contributed by atoms with Crippen LogP contribution in [0.3, 0.4) is 0 Å². The van der Waals surface area contributed by atoms with Crippen LogP contribution in [0.2, 0.25) is 0 Å². The Balaban J connectivity index is 1.38. The highest BCUT2D eigenvalue weighted by molar-refractivity contribution is 14.1. The van der Waals surface area contributed by atoms with Crippen molar-refractivity contribution in [3.05, 3.63) is 72.8 Å². The van der Waals surface area contributed by atoms with Gasteiger partial charge in [-0.25, -0.2) is 15.0 Å². The summed E-state index contributed by atoms with van der Waals surface area (Å²) >= 11 is 5.80. The van der Waals surface area contributed by atoms with Crippen molar-refractivity contribution in [3.63, 3.8) is 0 Å². The minimum Gasteiger partial charge on any atom is -0.365 e. The number of rotatable bonds is 3. The largest absolute Gasteiger partial charge is 0.365 e. The Hall–Kier alpha value is -2.79. The zero-order valence-electron chi connectivity index (χ0n) is 19.0. The van der Waals surface area contributed by atoms with Crippen LogP contribution in [0.15, 0.2) is 58.1 Å². The second-order valence-electron chi connectivity index (χ2n) is 8.95. The lowest BCUT2D eigenvalue weighted by Crippen LogP contribution is -2.43. The van der Waals surface area contributed by atoms with Crippen molar-refractivity contribution in [2.24, 2.45) is 0 Å². The summed E-state index contributed by atoms with van der Waals surface area (Å²) in [7, 11) is 0. The molecule has 0 spiro atoms. The highest BCUT2D eigenvalue weighted by Gasteiger charge is 2.24. The molecule has 0 unspecified atom stereocenters. The van der Waals surface area contributed by atoms with E-state index >= 15 is 0 Å². The van der Waals surface area contributed by atoms with Crippen LogP contribution in [-0.4, -0.2) is 39.1 Å². The van der Waals surface area contributed by atoms with Crippen molar-refractivity contribution in [3.8, 4) is 0 Å². The molecule has 0 radical (unpaired) electrons. The maximum absolute atomic E-state index is 12.7. The highest BCUT2D eigenvalue weighted by atomic mass is 127. The van der Waals surface area contributed by atoms with Gasteiger partial charge in [0, 0.05) is 52.2 Å². The van der Waals surface area contributed by atoms with Crippen LogP contribution in [0.4, 0.5) is 11.6 Å². The van der Waals surface area contributed by atoms with E-state index in [-0.39, 0.29) is 11.6 Å². The molecular weight excluding hydrogens is 619 g/mol. The standard InChI is InChI=1S/C26H22BrIN6O/c1-14-10-15-4-2-8-29-23(15)33-25(14)34-9-3-5-17(13-34)31-24-18-7-6-16(27)11-19(18)21-22(32-24)20(28)12-30-26(21)35/h2,4,6-8,10-12,17H,3,5,9,13H2,1H3,(H,30,35)(H,31,32)/t17-/m0/s1. The molecule has 1 aliphatic rings. The Morgan fingerprint density at radius 3 is 2.97 bits per heavy atom. The Morgan fingerprint density at radius 1 is 1.20 bits per heavy atom. The van der Waals surface area contributed by atoms with Gasteiger partial charge in [0.05, 0.1) is 14.5 Å². The van der Waals surface area contributed by atoms with E-state index in [0.717, 1.165) is 73.0 Å². The molecule has 176 valence electrons. The predicted molar refractivity (Wildman–Crippen MR) is 153 cm³/mol. The summed E-state index contributed by atoms with van der Waals surface area (Å²) < 4.78 is 1.84. The molecule has 1 atom stereocenters. The number of hydrogen-bond acceptors (Lipinski definition) is 6. The summed E-state index contributed by atoms with van der Waals surface area (Å²) in [5, 5.41) is 7.21. The highest BCUT2D eigenvalue weighted by Crippen LogP contribution is 2.33. The Morgan fingerprint density at radius 2 is 2.09 bits per heavy atom. The molecule has 4 aromatic heterocycles. The molecule has 0 saturated carbocycles. The van der Waals surface area contributed by atoms with Gasteiger partial charge < -0.3 is 15.2 Å². The number of aromatic amines is 1. The van der Waals surface area contributed by atoms with Gasteiger partial charge >= 0.3 is 0 Å². The molecule has 1 aromatic carbocycles. The fraction of sp³-hybridized carbons (Fsp3) is 0.231. The van der Waals surface area contributed by atoms with Crippen LogP contribution in [0.5, 0.6) is 0 Å². The Kier molecular flexibility index (Phi) is 5.84. The van der Waals surface area contributed by atoms with Crippen molar-refractivity contribution in [2.75, 3.05) is 23.3 Å². The maximum Gasteiger partial charge on any atom is 0.258 e. The fourth-order valence-electron chi connectivity index (χ4n) is 4.97. The smallest absolute Gasteiger partial charge is 0.258 e. The minimum atomic E-state index is -0.127. The molecule has 0 aliphatic carbocycles. The molecule has 7 nitrogen and oxygen atoms in total. The number of fused-ring (bicyclic) bond motifs is 4. The van der Waals surface area contributed by atoms with Gasteiger partial charge in [0.25, 0.3) is 5.56 Å². The quantitative estimate of drug-likeness (QED) is 0.192. The van der Waals surface area contributed by atoms with Gasteiger partial charge in [0.1, 0.15) is 11.6 Å². The molecule has 5 heterocycles. The molecule has 0 bridgehead atoms. The molecule has 0 amide bonds. The van der Waals surface area contributed by atoms with E-state index in [9.17, 15) is 4.79 Å². The number of nitrogens with one attached hydrogen (secondary N) is 2. The van der Waals surface area contributed by atoms with Crippen LogP contribution < -0.4 is 15.8 Å². The summed E-state index contributed by atoms with van der Waals surface area (Å²) in [6, 6.07) is 12.4. The number of hydrogen-bond donors (Lipinski definition) is 2. The molecule has 2 N–H and O–H groups in total. The Labute approximate surface area is 223 Å². The number of piperidine rings is 1. The third-order valence-electron chi connectivity index (χ3n) is 6.56. The average molecular weight is 641 g/mol. The lowest BCUT2D eigenvalue weighted by Gasteiger charge is -2.35. The third-order valence-corrected chi connectivity index (χ3v) is 7.88. The fourth-order valence-corrected chi connectivity index (χ4v) is 5.88. The number of aryl methyl sites for hydroxylation is 1. The molecular formula is C26H22BrIN6O. The summed E-state index contributed by atoms with van der Waals surface area (Å²) in [5.41, 5.74) is 2.51. The number of H-pyrrole nitrogens is 1.